The quantitative estimate of drug-likeness (QED) is 0.719. The Morgan fingerprint density at radius 1 is 1.08 bits per heavy atom. The molecule has 0 bridgehead atoms. The second-order valence-electron chi connectivity index (χ2n) is 5.79. The minimum absolute atomic E-state index is 0.0922. The summed E-state index contributed by atoms with van der Waals surface area (Å²) in [5, 5.41) is 8.14. The number of rotatable bonds is 7. The lowest BCUT2D eigenvalue weighted by Crippen LogP contribution is -2.27. The molecule has 25 heavy (non-hydrogen) atoms. The zero-order valence-corrected chi connectivity index (χ0v) is 14.2. The monoisotopic (exact) mass is 343 g/mol. The van der Waals surface area contributed by atoms with Crippen LogP contribution >= 0.6 is 0 Å². The molecule has 0 atom stereocenters. The Balaban J connectivity index is 1.80. The molecule has 0 aliphatic rings. The van der Waals surface area contributed by atoms with Crippen molar-refractivity contribution >= 4 is 29.1 Å². The maximum atomic E-state index is 12.0. The highest BCUT2D eigenvalue weighted by atomic mass is 16.3. The first kappa shape index (κ1) is 18.3. The molecule has 3 N–H and O–H groups in total. The third-order valence-electron chi connectivity index (χ3n) is 3.36. The van der Waals surface area contributed by atoms with Crippen LogP contribution in [0.1, 0.15) is 30.6 Å². The SMILES string of the molecule is CC(C)C(=O)Nc1cccc(NC(=O)CCNC(=O)c2ccoc2)c1. The minimum Gasteiger partial charge on any atom is -0.472 e. The van der Waals surface area contributed by atoms with E-state index in [1.807, 2.05) is 0 Å². The average molecular weight is 343 g/mol. The fourth-order valence-electron chi connectivity index (χ4n) is 1.97. The van der Waals surface area contributed by atoms with Gasteiger partial charge in [-0.1, -0.05) is 19.9 Å². The fourth-order valence-corrected chi connectivity index (χ4v) is 1.97. The summed E-state index contributed by atoms with van der Waals surface area (Å²) in [4.78, 5) is 35.4. The Kier molecular flexibility index (Phi) is 6.33. The lowest BCUT2D eigenvalue weighted by Gasteiger charge is -2.10. The third-order valence-corrected chi connectivity index (χ3v) is 3.36. The summed E-state index contributed by atoms with van der Waals surface area (Å²) >= 11 is 0. The molecule has 3 amide bonds. The van der Waals surface area contributed by atoms with E-state index in [4.69, 9.17) is 4.42 Å². The maximum Gasteiger partial charge on any atom is 0.254 e. The smallest absolute Gasteiger partial charge is 0.254 e. The van der Waals surface area contributed by atoms with Crippen molar-refractivity contribution in [1.82, 2.24) is 5.32 Å². The zero-order chi connectivity index (χ0) is 18.2. The molecule has 0 saturated heterocycles. The van der Waals surface area contributed by atoms with Crippen LogP contribution in [0.5, 0.6) is 0 Å². The van der Waals surface area contributed by atoms with Crippen LogP contribution in [-0.4, -0.2) is 24.3 Å². The molecule has 1 aromatic heterocycles. The fraction of sp³-hybridized carbons (Fsp3) is 0.278. The zero-order valence-electron chi connectivity index (χ0n) is 14.2. The molecule has 2 rings (SSSR count). The number of amides is 3. The predicted octanol–water partition coefficient (Wildman–Crippen LogP) is 2.63. The van der Waals surface area contributed by atoms with Crippen molar-refractivity contribution in [2.75, 3.05) is 17.2 Å². The number of hydrogen-bond donors (Lipinski definition) is 3. The van der Waals surface area contributed by atoms with Gasteiger partial charge in [-0.2, -0.15) is 0 Å². The van der Waals surface area contributed by atoms with Crippen molar-refractivity contribution in [3.8, 4) is 0 Å². The molecular weight excluding hydrogens is 322 g/mol. The molecule has 0 spiro atoms. The highest BCUT2D eigenvalue weighted by Gasteiger charge is 2.09. The number of carbonyl (C=O) groups excluding carboxylic acids is 3. The average Bonchev–Trinajstić information content (AvgIpc) is 3.09. The first-order chi connectivity index (χ1) is 12.0. The van der Waals surface area contributed by atoms with Crippen LogP contribution in [0, 0.1) is 5.92 Å². The summed E-state index contributed by atoms with van der Waals surface area (Å²) < 4.78 is 4.83. The molecule has 0 unspecified atom stereocenters. The largest absolute Gasteiger partial charge is 0.472 e. The molecule has 7 heteroatoms. The second-order valence-corrected chi connectivity index (χ2v) is 5.79. The van der Waals surface area contributed by atoms with Gasteiger partial charge in [0.15, 0.2) is 0 Å². The van der Waals surface area contributed by atoms with E-state index < -0.39 is 0 Å². The van der Waals surface area contributed by atoms with Gasteiger partial charge >= 0.3 is 0 Å². The van der Waals surface area contributed by atoms with Crippen LogP contribution < -0.4 is 16.0 Å². The molecule has 0 aliphatic carbocycles. The Labute approximate surface area is 145 Å². The van der Waals surface area contributed by atoms with Gasteiger partial charge in [-0.25, -0.2) is 0 Å². The highest BCUT2D eigenvalue weighted by molar-refractivity contribution is 5.96. The Morgan fingerprint density at radius 2 is 1.80 bits per heavy atom. The van der Waals surface area contributed by atoms with E-state index >= 15 is 0 Å². The Morgan fingerprint density at radius 3 is 2.44 bits per heavy atom. The van der Waals surface area contributed by atoms with E-state index in [-0.39, 0.29) is 36.6 Å². The summed E-state index contributed by atoms with van der Waals surface area (Å²) in [6.07, 6.45) is 2.88. The summed E-state index contributed by atoms with van der Waals surface area (Å²) in [6, 6.07) is 8.45. The van der Waals surface area contributed by atoms with E-state index in [1.165, 1.54) is 12.5 Å². The minimum atomic E-state index is -0.292. The summed E-state index contributed by atoms with van der Waals surface area (Å²) in [5.41, 5.74) is 1.60. The second kappa shape index (κ2) is 8.68. The molecule has 1 heterocycles. The standard InChI is InChI=1S/C18H21N3O4/c1-12(2)17(23)21-15-5-3-4-14(10-15)20-16(22)6-8-19-18(24)13-7-9-25-11-13/h3-5,7,9-12H,6,8H2,1-2H3,(H,19,24)(H,20,22)(H,21,23). The molecule has 0 aliphatic heterocycles. The van der Waals surface area contributed by atoms with Crippen LogP contribution in [0.3, 0.4) is 0 Å². The van der Waals surface area contributed by atoms with Gasteiger partial charge in [0.25, 0.3) is 5.91 Å². The molecule has 1 aromatic carbocycles. The first-order valence-electron chi connectivity index (χ1n) is 7.97. The van der Waals surface area contributed by atoms with Crippen molar-refractivity contribution in [3.05, 3.63) is 48.4 Å². The van der Waals surface area contributed by atoms with Crippen LogP contribution in [0.25, 0.3) is 0 Å². The normalized spacial score (nSPS) is 10.4. The lowest BCUT2D eigenvalue weighted by molar-refractivity contribution is -0.119. The summed E-state index contributed by atoms with van der Waals surface area (Å²) in [7, 11) is 0. The molecule has 0 radical (unpaired) electrons. The van der Waals surface area contributed by atoms with Gasteiger partial charge in [-0.15, -0.1) is 0 Å². The number of benzene rings is 1. The van der Waals surface area contributed by atoms with E-state index in [0.717, 1.165) is 0 Å². The highest BCUT2D eigenvalue weighted by Crippen LogP contribution is 2.16. The van der Waals surface area contributed by atoms with E-state index in [1.54, 1.807) is 44.2 Å². The number of carbonyl (C=O) groups is 3. The predicted molar refractivity (Wildman–Crippen MR) is 94.2 cm³/mol. The van der Waals surface area contributed by atoms with Gasteiger partial charge in [-0.3, -0.25) is 14.4 Å². The molecular formula is C18H21N3O4. The van der Waals surface area contributed by atoms with Gasteiger partial charge in [0, 0.05) is 30.3 Å². The van der Waals surface area contributed by atoms with E-state index in [2.05, 4.69) is 16.0 Å². The van der Waals surface area contributed by atoms with Crippen molar-refractivity contribution < 1.29 is 18.8 Å². The van der Waals surface area contributed by atoms with Crippen LogP contribution in [0.2, 0.25) is 0 Å². The number of hydrogen-bond acceptors (Lipinski definition) is 4. The molecule has 0 saturated carbocycles. The number of nitrogens with one attached hydrogen (secondary N) is 3. The topological polar surface area (TPSA) is 100 Å². The van der Waals surface area contributed by atoms with Crippen LogP contribution in [0.4, 0.5) is 11.4 Å². The van der Waals surface area contributed by atoms with Crippen molar-refractivity contribution in [1.29, 1.82) is 0 Å². The molecule has 7 nitrogen and oxygen atoms in total. The third kappa shape index (κ3) is 5.80. The number of furan rings is 1. The molecule has 132 valence electrons. The lowest BCUT2D eigenvalue weighted by atomic mass is 10.2. The summed E-state index contributed by atoms with van der Waals surface area (Å²) in [5.74, 6) is -0.748. The van der Waals surface area contributed by atoms with Gasteiger partial charge in [0.1, 0.15) is 6.26 Å². The van der Waals surface area contributed by atoms with Crippen molar-refractivity contribution in [2.45, 2.75) is 20.3 Å². The van der Waals surface area contributed by atoms with Gasteiger partial charge in [-0.05, 0) is 24.3 Å². The van der Waals surface area contributed by atoms with Gasteiger partial charge < -0.3 is 20.4 Å². The Bertz CT molecular complexity index is 739. The maximum absolute atomic E-state index is 12.0. The molecule has 0 fully saturated rings. The first-order valence-corrected chi connectivity index (χ1v) is 7.97. The van der Waals surface area contributed by atoms with Gasteiger partial charge in [0.2, 0.25) is 11.8 Å². The van der Waals surface area contributed by atoms with Crippen molar-refractivity contribution in [3.63, 3.8) is 0 Å². The number of anilines is 2. The Hall–Kier alpha value is -3.09. The van der Waals surface area contributed by atoms with Crippen LogP contribution in [-0.2, 0) is 9.59 Å². The molecule has 2 aromatic rings. The summed E-state index contributed by atoms with van der Waals surface area (Å²) in [6.45, 7) is 3.82. The van der Waals surface area contributed by atoms with Crippen LogP contribution in [0.15, 0.2) is 47.3 Å². The van der Waals surface area contributed by atoms with E-state index in [9.17, 15) is 14.4 Å². The van der Waals surface area contributed by atoms with Crippen molar-refractivity contribution in [2.24, 2.45) is 5.92 Å². The van der Waals surface area contributed by atoms with Gasteiger partial charge in [0.05, 0.1) is 11.8 Å². The van der Waals surface area contributed by atoms with E-state index in [0.29, 0.717) is 16.9 Å².